The predicted molar refractivity (Wildman–Crippen MR) is 64.4 cm³/mol. The maximum Gasteiger partial charge on any atom is 0.125 e. The van der Waals surface area contributed by atoms with Crippen molar-refractivity contribution in [3.63, 3.8) is 0 Å². The molecule has 0 fully saturated rings. The van der Waals surface area contributed by atoms with E-state index in [4.69, 9.17) is 4.74 Å². The highest BCUT2D eigenvalue weighted by atomic mass is 16.5. The summed E-state index contributed by atoms with van der Waals surface area (Å²) in [5, 5.41) is 3.45. The van der Waals surface area contributed by atoms with Crippen LogP contribution in [-0.2, 0) is 4.74 Å². The quantitative estimate of drug-likeness (QED) is 0.826. The number of hydrogen-bond acceptors (Lipinski definition) is 4. The van der Waals surface area contributed by atoms with Crippen molar-refractivity contribution in [2.45, 2.75) is 39.8 Å². The van der Waals surface area contributed by atoms with Crippen LogP contribution in [0.5, 0.6) is 0 Å². The third-order valence-electron chi connectivity index (χ3n) is 2.56. The van der Waals surface area contributed by atoms with Crippen molar-refractivity contribution in [3.8, 4) is 0 Å². The molecule has 0 radical (unpaired) electrons. The van der Waals surface area contributed by atoms with Crippen molar-refractivity contribution in [1.29, 1.82) is 0 Å². The molecule has 0 saturated carbocycles. The van der Waals surface area contributed by atoms with Crippen molar-refractivity contribution in [1.82, 2.24) is 15.3 Å². The van der Waals surface area contributed by atoms with Crippen molar-refractivity contribution in [2.75, 3.05) is 13.7 Å². The third-order valence-corrected chi connectivity index (χ3v) is 2.56. The molecule has 0 aliphatic heterocycles. The van der Waals surface area contributed by atoms with E-state index in [-0.39, 0.29) is 6.04 Å². The first-order valence-corrected chi connectivity index (χ1v) is 5.59. The lowest BCUT2D eigenvalue weighted by Gasteiger charge is -2.20. The summed E-state index contributed by atoms with van der Waals surface area (Å²) in [5.41, 5.74) is 2.19. The van der Waals surface area contributed by atoms with E-state index in [0.717, 1.165) is 17.1 Å². The second-order valence-corrected chi connectivity index (χ2v) is 4.20. The highest BCUT2D eigenvalue weighted by molar-refractivity contribution is 5.19. The molecule has 0 amide bonds. The van der Waals surface area contributed by atoms with Crippen molar-refractivity contribution in [2.24, 2.45) is 0 Å². The fraction of sp³-hybridized carbons (Fsp3) is 0.667. The molecular formula is C12H21N3O. The molecule has 1 rings (SSSR count). The number of hydrogen-bond donors (Lipinski definition) is 1. The largest absolute Gasteiger partial charge is 0.383 e. The number of aromatic nitrogens is 2. The van der Waals surface area contributed by atoms with Crippen LogP contribution in [0.4, 0.5) is 0 Å². The Labute approximate surface area is 97.5 Å². The Balaban J connectivity index is 2.69. The summed E-state index contributed by atoms with van der Waals surface area (Å²) in [6.45, 7) is 8.85. The minimum Gasteiger partial charge on any atom is -0.383 e. The summed E-state index contributed by atoms with van der Waals surface area (Å²) in [6.07, 6.45) is 1.90. The smallest absolute Gasteiger partial charge is 0.125 e. The van der Waals surface area contributed by atoms with Gasteiger partial charge in [-0.3, -0.25) is 0 Å². The van der Waals surface area contributed by atoms with Crippen molar-refractivity contribution in [3.05, 3.63) is 23.3 Å². The van der Waals surface area contributed by atoms with Gasteiger partial charge < -0.3 is 10.1 Å². The minimum absolute atomic E-state index is 0.241. The van der Waals surface area contributed by atoms with Crippen molar-refractivity contribution >= 4 is 0 Å². The number of rotatable bonds is 5. The van der Waals surface area contributed by atoms with Gasteiger partial charge in [0.1, 0.15) is 5.82 Å². The standard InChI is InChI=1S/C12H21N3O/c1-8(7-16-5)14-9(2)12-6-13-11(4)15-10(12)3/h6,8-9,14H,7H2,1-5H3. The molecule has 0 saturated heterocycles. The van der Waals surface area contributed by atoms with Gasteiger partial charge in [-0.1, -0.05) is 0 Å². The number of aryl methyl sites for hydroxylation is 2. The van der Waals surface area contributed by atoms with Gasteiger partial charge in [0.25, 0.3) is 0 Å². The van der Waals surface area contributed by atoms with Crippen LogP contribution in [0.3, 0.4) is 0 Å². The average molecular weight is 223 g/mol. The van der Waals surface area contributed by atoms with Crippen LogP contribution in [0.2, 0.25) is 0 Å². The van der Waals surface area contributed by atoms with Crippen LogP contribution in [0.25, 0.3) is 0 Å². The van der Waals surface area contributed by atoms with Gasteiger partial charge in [0, 0.05) is 36.6 Å². The number of nitrogens with one attached hydrogen (secondary N) is 1. The number of nitrogens with zero attached hydrogens (tertiary/aromatic N) is 2. The second-order valence-electron chi connectivity index (χ2n) is 4.20. The van der Waals surface area contributed by atoms with E-state index in [1.807, 2.05) is 20.0 Å². The normalized spacial score (nSPS) is 14.8. The lowest BCUT2D eigenvalue weighted by molar-refractivity contribution is 0.167. The Kier molecular flexibility index (Phi) is 4.83. The van der Waals surface area contributed by atoms with Crippen LogP contribution < -0.4 is 5.32 Å². The Hall–Kier alpha value is -1.00. The highest BCUT2D eigenvalue weighted by Gasteiger charge is 2.12. The summed E-state index contributed by atoms with van der Waals surface area (Å²) in [6, 6.07) is 0.562. The summed E-state index contributed by atoms with van der Waals surface area (Å²) in [7, 11) is 1.71. The van der Waals surface area contributed by atoms with E-state index in [9.17, 15) is 0 Å². The average Bonchev–Trinajstić information content (AvgIpc) is 2.17. The Morgan fingerprint density at radius 2 is 2.06 bits per heavy atom. The lowest BCUT2D eigenvalue weighted by Crippen LogP contribution is -2.33. The second kappa shape index (κ2) is 5.92. The molecule has 2 unspecified atom stereocenters. The van der Waals surface area contributed by atoms with Crippen LogP contribution in [0.15, 0.2) is 6.20 Å². The fourth-order valence-corrected chi connectivity index (χ4v) is 1.83. The van der Waals surface area contributed by atoms with Crippen molar-refractivity contribution < 1.29 is 4.74 Å². The van der Waals surface area contributed by atoms with Gasteiger partial charge in [-0.15, -0.1) is 0 Å². The van der Waals surface area contributed by atoms with Gasteiger partial charge in [0.15, 0.2) is 0 Å². The summed E-state index contributed by atoms with van der Waals surface area (Å²) in [5.74, 6) is 0.818. The predicted octanol–water partition coefficient (Wildman–Crippen LogP) is 1.78. The molecule has 1 N–H and O–H groups in total. The fourth-order valence-electron chi connectivity index (χ4n) is 1.83. The zero-order valence-electron chi connectivity index (χ0n) is 10.7. The van der Waals surface area contributed by atoms with Crippen LogP contribution in [-0.4, -0.2) is 29.7 Å². The number of methoxy groups -OCH3 is 1. The molecular weight excluding hydrogens is 202 g/mol. The molecule has 0 aliphatic rings. The molecule has 16 heavy (non-hydrogen) atoms. The lowest BCUT2D eigenvalue weighted by atomic mass is 10.1. The zero-order valence-corrected chi connectivity index (χ0v) is 10.7. The van der Waals surface area contributed by atoms with E-state index in [0.29, 0.717) is 12.6 Å². The first kappa shape index (κ1) is 13.1. The Morgan fingerprint density at radius 3 is 2.62 bits per heavy atom. The van der Waals surface area contributed by atoms with Crippen LogP contribution >= 0.6 is 0 Å². The van der Waals surface area contributed by atoms with Gasteiger partial charge >= 0.3 is 0 Å². The molecule has 1 heterocycles. The van der Waals surface area contributed by atoms with Gasteiger partial charge in [-0.05, 0) is 27.7 Å². The molecule has 4 nitrogen and oxygen atoms in total. The monoisotopic (exact) mass is 223 g/mol. The molecule has 1 aromatic rings. The summed E-state index contributed by atoms with van der Waals surface area (Å²) in [4.78, 5) is 8.60. The number of ether oxygens (including phenoxy) is 1. The maximum absolute atomic E-state index is 5.10. The van der Waals surface area contributed by atoms with Crippen LogP contribution in [0, 0.1) is 13.8 Å². The molecule has 0 aromatic carbocycles. The Morgan fingerprint density at radius 1 is 1.38 bits per heavy atom. The third kappa shape index (κ3) is 3.54. The molecule has 2 atom stereocenters. The molecule has 0 spiro atoms. The molecule has 1 aromatic heterocycles. The topological polar surface area (TPSA) is 47.0 Å². The minimum atomic E-state index is 0.241. The Bertz CT molecular complexity index is 341. The first-order chi connectivity index (χ1) is 7.54. The van der Waals surface area contributed by atoms with Gasteiger partial charge in [0.05, 0.1) is 6.61 Å². The van der Waals surface area contributed by atoms with E-state index in [1.54, 1.807) is 7.11 Å². The molecule has 0 bridgehead atoms. The highest BCUT2D eigenvalue weighted by Crippen LogP contribution is 2.15. The van der Waals surface area contributed by atoms with Gasteiger partial charge in [0.2, 0.25) is 0 Å². The van der Waals surface area contributed by atoms with E-state index < -0.39 is 0 Å². The van der Waals surface area contributed by atoms with E-state index in [2.05, 4.69) is 29.1 Å². The van der Waals surface area contributed by atoms with Crippen LogP contribution in [0.1, 0.15) is 37.0 Å². The summed E-state index contributed by atoms with van der Waals surface area (Å²) < 4.78 is 5.10. The molecule has 0 aliphatic carbocycles. The molecule has 90 valence electrons. The SMILES string of the molecule is COCC(C)NC(C)c1cnc(C)nc1C. The summed E-state index contributed by atoms with van der Waals surface area (Å²) >= 11 is 0. The van der Waals surface area contributed by atoms with E-state index >= 15 is 0 Å². The van der Waals surface area contributed by atoms with Gasteiger partial charge in [-0.2, -0.15) is 0 Å². The maximum atomic E-state index is 5.10. The molecule has 4 heteroatoms. The zero-order chi connectivity index (χ0) is 12.1. The first-order valence-electron chi connectivity index (χ1n) is 5.59. The van der Waals surface area contributed by atoms with Gasteiger partial charge in [-0.25, -0.2) is 9.97 Å². The van der Waals surface area contributed by atoms with E-state index in [1.165, 1.54) is 0 Å².